The van der Waals surface area contributed by atoms with Crippen molar-refractivity contribution in [3.63, 3.8) is 0 Å². The number of esters is 1. The molecule has 0 saturated heterocycles. The van der Waals surface area contributed by atoms with E-state index in [9.17, 15) is 14.7 Å². The smallest absolute Gasteiger partial charge is 0.338 e. The van der Waals surface area contributed by atoms with E-state index in [-0.39, 0.29) is 29.9 Å². The molecule has 2 rings (SSSR count). The average Bonchev–Trinajstić information content (AvgIpc) is 2.59. The molecule has 0 heterocycles. The Bertz CT molecular complexity index is 692. The second kappa shape index (κ2) is 8.15. The van der Waals surface area contributed by atoms with Gasteiger partial charge in [-0.3, -0.25) is 4.79 Å². The lowest BCUT2D eigenvalue weighted by Crippen LogP contribution is -2.32. The van der Waals surface area contributed by atoms with E-state index >= 15 is 0 Å². The number of phenolic OH excluding ortho intramolecular Hbond substituents is 1. The monoisotopic (exact) mass is 327 g/mol. The zero-order valence-corrected chi connectivity index (χ0v) is 13.8. The van der Waals surface area contributed by atoms with E-state index < -0.39 is 5.97 Å². The number of benzene rings is 2. The third kappa shape index (κ3) is 4.84. The fourth-order valence-corrected chi connectivity index (χ4v) is 2.27. The summed E-state index contributed by atoms with van der Waals surface area (Å²) >= 11 is 0. The Morgan fingerprint density at radius 2 is 1.71 bits per heavy atom. The van der Waals surface area contributed by atoms with Crippen molar-refractivity contribution in [2.75, 3.05) is 6.61 Å². The normalized spacial score (nSPS) is 11.6. The molecule has 5 heteroatoms. The van der Waals surface area contributed by atoms with E-state index in [4.69, 9.17) is 4.74 Å². The summed E-state index contributed by atoms with van der Waals surface area (Å²) in [5.74, 6) is -0.892. The SMILES string of the molecule is CC[C@H](NC(=O)COC(=O)c1ccc(O)cc1)c1ccc(C)cc1. The summed E-state index contributed by atoms with van der Waals surface area (Å²) in [5, 5.41) is 12.1. The number of aromatic hydroxyl groups is 1. The van der Waals surface area contributed by atoms with E-state index in [1.165, 1.54) is 24.3 Å². The largest absolute Gasteiger partial charge is 0.508 e. The summed E-state index contributed by atoms with van der Waals surface area (Å²) < 4.78 is 5.00. The molecule has 0 unspecified atom stereocenters. The number of amides is 1. The number of hydrogen-bond acceptors (Lipinski definition) is 4. The maximum Gasteiger partial charge on any atom is 0.338 e. The van der Waals surface area contributed by atoms with Crippen LogP contribution in [0.15, 0.2) is 48.5 Å². The Kier molecular flexibility index (Phi) is 5.95. The first kappa shape index (κ1) is 17.5. The highest BCUT2D eigenvalue weighted by Crippen LogP contribution is 2.17. The van der Waals surface area contributed by atoms with Gasteiger partial charge in [0.15, 0.2) is 6.61 Å². The molecular formula is C19H21NO4. The van der Waals surface area contributed by atoms with Crippen molar-refractivity contribution in [1.82, 2.24) is 5.32 Å². The van der Waals surface area contributed by atoms with Crippen molar-refractivity contribution < 1.29 is 19.4 Å². The van der Waals surface area contributed by atoms with Crippen LogP contribution in [0, 0.1) is 6.92 Å². The number of phenols is 1. The first-order chi connectivity index (χ1) is 11.5. The van der Waals surface area contributed by atoms with E-state index in [0.29, 0.717) is 0 Å². The molecule has 2 aromatic rings. The highest BCUT2D eigenvalue weighted by atomic mass is 16.5. The minimum absolute atomic E-state index is 0.0631. The van der Waals surface area contributed by atoms with Gasteiger partial charge in [0, 0.05) is 0 Å². The van der Waals surface area contributed by atoms with Gasteiger partial charge in [0.25, 0.3) is 5.91 Å². The zero-order chi connectivity index (χ0) is 17.5. The van der Waals surface area contributed by atoms with Crippen LogP contribution in [0.4, 0.5) is 0 Å². The number of rotatable bonds is 6. The minimum Gasteiger partial charge on any atom is -0.508 e. The maximum absolute atomic E-state index is 12.0. The predicted molar refractivity (Wildman–Crippen MR) is 90.7 cm³/mol. The van der Waals surface area contributed by atoms with Gasteiger partial charge in [-0.25, -0.2) is 4.79 Å². The van der Waals surface area contributed by atoms with E-state index in [2.05, 4.69) is 5.32 Å². The fourth-order valence-electron chi connectivity index (χ4n) is 2.27. The van der Waals surface area contributed by atoms with Crippen molar-refractivity contribution in [2.24, 2.45) is 0 Å². The number of nitrogens with one attached hydrogen (secondary N) is 1. The van der Waals surface area contributed by atoms with Gasteiger partial charge in [0.05, 0.1) is 11.6 Å². The van der Waals surface area contributed by atoms with Gasteiger partial charge in [-0.15, -0.1) is 0 Å². The third-order valence-corrected chi connectivity index (χ3v) is 3.66. The first-order valence-corrected chi connectivity index (χ1v) is 7.81. The molecule has 0 saturated carbocycles. The Labute approximate surface area is 141 Å². The maximum atomic E-state index is 12.0. The molecule has 1 amide bonds. The van der Waals surface area contributed by atoms with Crippen LogP contribution < -0.4 is 5.32 Å². The first-order valence-electron chi connectivity index (χ1n) is 7.81. The van der Waals surface area contributed by atoms with Gasteiger partial charge < -0.3 is 15.2 Å². The summed E-state index contributed by atoms with van der Waals surface area (Å²) in [7, 11) is 0. The van der Waals surface area contributed by atoms with Crippen molar-refractivity contribution in [3.8, 4) is 5.75 Å². The Balaban J connectivity index is 1.88. The second-order valence-corrected chi connectivity index (χ2v) is 5.56. The molecule has 2 aromatic carbocycles. The fraction of sp³-hybridized carbons (Fsp3) is 0.263. The quantitative estimate of drug-likeness (QED) is 0.799. The molecule has 0 fully saturated rings. The molecule has 0 aromatic heterocycles. The Hall–Kier alpha value is -2.82. The molecular weight excluding hydrogens is 306 g/mol. The predicted octanol–water partition coefficient (Wildman–Crippen LogP) is 3.12. The van der Waals surface area contributed by atoms with Crippen LogP contribution in [0.5, 0.6) is 5.75 Å². The lowest BCUT2D eigenvalue weighted by atomic mass is 10.0. The molecule has 0 aliphatic rings. The van der Waals surface area contributed by atoms with Crippen LogP contribution in [0.3, 0.4) is 0 Å². The Morgan fingerprint density at radius 1 is 1.08 bits per heavy atom. The molecule has 1 atom stereocenters. The van der Waals surface area contributed by atoms with Crippen LogP contribution in [-0.4, -0.2) is 23.6 Å². The van der Waals surface area contributed by atoms with Crippen molar-refractivity contribution in [2.45, 2.75) is 26.3 Å². The standard InChI is InChI=1S/C19H21NO4/c1-3-17(14-6-4-13(2)5-7-14)20-18(22)12-24-19(23)15-8-10-16(21)11-9-15/h4-11,17,21H,3,12H2,1-2H3,(H,20,22)/t17-/m0/s1. The van der Waals surface area contributed by atoms with Gasteiger partial charge in [-0.1, -0.05) is 36.8 Å². The van der Waals surface area contributed by atoms with Crippen LogP contribution in [-0.2, 0) is 9.53 Å². The van der Waals surface area contributed by atoms with E-state index in [1.807, 2.05) is 38.1 Å². The molecule has 5 nitrogen and oxygen atoms in total. The van der Waals surface area contributed by atoms with Crippen LogP contribution >= 0.6 is 0 Å². The number of carbonyl (C=O) groups is 2. The summed E-state index contributed by atoms with van der Waals surface area (Å²) in [6, 6.07) is 13.5. The van der Waals surface area contributed by atoms with Crippen LogP contribution in [0.2, 0.25) is 0 Å². The molecule has 2 N–H and O–H groups in total. The average molecular weight is 327 g/mol. The van der Waals surface area contributed by atoms with Crippen LogP contribution in [0.25, 0.3) is 0 Å². The topological polar surface area (TPSA) is 75.6 Å². The van der Waals surface area contributed by atoms with Crippen molar-refractivity contribution in [3.05, 3.63) is 65.2 Å². The summed E-state index contributed by atoms with van der Waals surface area (Å²) in [6.45, 7) is 3.64. The van der Waals surface area contributed by atoms with Gasteiger partial charge in [-0.05, 0) is 43.2 Å². The highest BCUT2D eigenvalue weighted by Gasteiger charge is 2.15. The Morgan fingerprint density at radius 3 is 2.29 bits per heavy atom. The van der Waals surface area contributed by atoms with Gasteiger partial charge in [0.1, 0.15) is 5.75 Å². The molecule has 0 bridgehead atoms. The zero-order valence-electron chi connectivity index (χ0n) is 13.8. The number of hydrogen-bond donors (Lipinski definition) is 2. The lowest BCUT2D eigenvalue weighted by molar-refractivity contribution is -0.125. The van der Waals surface area contributed by atoms with Crippen molar-refractivity contribution in [1.29, 1.82) is 0 Å². The number of carbonyl (C=O) groups excluding carboxylic acids is 2. The minimum atomic E-state index is -0.603. The van der Waals surface area contributed by atoms with Gasteiger partial charge in [-0.2, -0.15) is 0 Å². The molecule has 0 aliphatic carbocycles. The van der Waals surface area contributed by atoms with E-state index in [1.54, 1.807) is 0 Å². The summed E-state index contributed by atoms with van der Waals surface area (Å²) in [4.78, 5) is 23.9. The molecule has 0 aliphatic heterocycles. The van der Waals surface area contributed by atoms with Gasteiger partial charge >= 0.3 is 5.97 Å². The molecule has 24 heavy (non-hydrogen) atoms. The lowest BCUT2D eigenvalue weighted by Gasteiger charge is -2.17. The third-order valence-electron chi connectivity index (χ3n) is 3.66. The summed E-state index contributed by atoms with van der Waals surface area (Å²) in [6.07, 6.45) is 0.737. The second-order valence-electron chi connectivity index (χ2n) is 5.56. The number of ether oxygens (including phenoxy) is 1. The molecule has 126 valence electrons. The van der Waals surface area contributed by atoms with Gasteiger partial charge in [0.2, 0.25) is 0 Å². The van der Waals surface area contributed by atoms with E-state index in [0.717, 1.165) is 17.5 Å². The summed E-state index contributed by atoms with van der Waals surface area (Å²) in [5.41, 5.74) is 2.45. The number of aryl methyl sites for hydroxylation is 1. The van der Waals surface area contributed by atoms with Crippen LogP contribution in [0.1, 0.15) is 40.9 Å². The van der Waals surface area contributed by atoms with Crippen molar-refractivity contribution >= 4 is 11.9 Å². The molecule has 0 radical (unpaired) electrons. The molecule has 0 spiro atoms. The highest BCUT2D eigenvalue weighted by molar-refractivity contribution is 5.91.